The fourth-order valence-corrected chi connectivity index (χ4v) is 3.05. The van der Waals surface area contributed by atoms with Crippen LogP contribution in [0, 0.1) is 6.92 Å². The second-order valence-corrected chi connectivity index (χ2v) is 7.23. The molecular formula is C22H22N6O3. The molecule has 9 nitrogen and oxygen atoms in total. The van der Waals surface area contributed by atoms with E-state index in [1.54, 1.807) is 42.3 Å². The first-order chi connectivity index (χ1) is 15.0. The minimum atomic E-state index is -0.289. The van der Waals surface area contributed by atoms with Crippen LogP contribution in [-0.4, -0.2) is 37.9 Å². The molecule has 0 fully saturated rings. The number of nitrogens with one attached hydrogen (secondary N) is 1. The van der Waals surface area contributed by atoms with E-state index in [1.165, 1.54) is 6.20 Å². The number of benzene rings is 1. The number of methoxy groups -OCH3 is 1. The first-order valence-corrected chi connectivity index (χ1v) is 9.77. The van der Waals surface area contributed by atoms with E-state index in [2.05, 4.69) is 25.5 Å². The van der Waals surface area contributed by atoms with Crippen LogP contribution in [0.2, 0.25) is 0 Å². The Morgan fingerprint density at radius 3 is 2.77 bits per heavy atom. The number of ether oxygens (including phenoxy) is 1. The molecule has 0 atom stereocenters. The molecular weight excluding hydrogens is 396 g/mol. The second kappa shape index (κ2) is 8.39. The van der Waals surface area contributed by atoms with Crippen molar-refractivity contribution < 1.29 is 14.1 Å². The summed E-state index contributed by atoms with van der Waals surface area (Å²) in [7, 11) is 1.56. The minimum absolute atomic E-state index is 0.163. The maximum absolute atomic E-state index is 12.8. The third kappa shape index (κ3) is 4.02. The van der Waals surface area contributed by atoms with Gasteiger partial charge in [-0.3, -0.25) is 4.79 Å². The zero-order valence-electron chi connectivity index (χ0n) is 17.7. The van der Waals surface area contributed by atoms with Gasteiger partial charge in [-0.15, -0.1) is 0 Å². The van der Waals surface area contributed by atoms with Gasteiger partial charge in [0, 0.05) is 17.7 Å². The van der Waals surface area contributed by atoms with E-state index in [-0.39, 0.29) is 11.8 Å². The van der Waals surface area contributed by atoms with E-state index < -0.39 is 0 Å². The van der Waals surface area contributed by atoms with Crippen molar-refractivity contribution in [1.82, 2.24) is 24.9 Å². The molecule has 3 heterocycles. The first-order valence-electron chi connectivity index (χ1n) is 9.77. The van der Waals surface area contributed by atoms with Crippen LogP contribution in [0.5, 0.6) is 5.75 Å². The Hall–Kier alpha value is -4.01. The number of anilines is 1. The molecule has 9 heteroatoms. The van der Waals surface area contributed by atoms with Crippen LogP contribution in [-0.2, 0) is 0 Å². The smallest absolute Gasteiger partial charge is 0.259 e. The lowest BCUT2D eigenvalue weighted by molar-refractivity contribution is 0.102. The van der Waals surface area contributed by atoms with E-state index >= 15 is 0 Å². The van der Waals surface area contributed by atoms with Gasteiger partial charge in [0.15, 0.2) is 11.6 Å². The molecule has 1 N–H and O–H groups in total. The number of para-hydroxylation sites is 2. The van der Waals surface area contributed by atoms with Gasteiger partial charge in [-0.1, -0.05) is 31.1 Å². The van der Waals surface area contributed by atoms with Crippen LogP contribution in [0.4, 0.5) is 5.69 Å². The zero-order valence-corrected chi connectivity index (χ0v) is 17.7. The number of nitrogens with zero attached hydrogens (tertiary/aromatic N) is 5. The number of carbonyl (C=O) groups excluding carboxylic acids is 1. The quantitative estimate of drug-likeness (QED) is 0.504. The van der Waals surface area contributed by atoms with Gasteiger partial charge in [-0.25, -0.2) is 9.67 Å². The van der Waals surface area contributed by atoms with E-state index in [9.17, 15) is 4.79 Å². The Kier molecular flexibility index (Phi) is 5.48. The summed E-state index contributed by atoms with van der Waals surface area (Å²) in [6.45, 7) is 5.80. The number of carbonyl (C=O) groups is 1. The topological polar surface area (TPSA) is 108 Å². The fraction of sp³-hybridized carbons (Fsp3) is 0.227. The van der Waals surface area contributed by atoms with Crippen molar-refractivity contribution in [3.63, 3.8) is 0 Å². The molecule has 31 heavy (non-hydrogen) atoms. The van der Waals surface area contributed by atoms with E-state index in [0.717, 1.165) is 5.56 Å². The number of pyridine rings is 1. The Labute approximate surface area is 179 Å². The fourth-order valence-electron chi connectivity index (χ4n) is 3.05. The molecule has 1 aromatic carbocycles. The van der Waals surface area contributed by atoms with Gasteiger partial charge in [0.25, 0.3) is 11.8 Å². The molecule has 0 spiro atoms. The van der Waals surface area contributed by atoms with Gasteiger partial charge >= 0.3 is 0 Å². The highest BCUT2D eigenvalue weighted by Gasteiger charge is 2.18. The molecule has 0 saturated heterocycles. The van der Waals surface area contributed by atoms with Crippen molar-refractivity contribution in [2.75, 3.05) is 12.4 Å². The highest BCUT2D eigenvalue weighted by Crippen LogP contribution is 2.25. The molecule has 4 rings (SSSR count). The molecule has 0 aliphatic carbocycles. The number of hydrogen-bond donors (Lipinski definition) is 1. The number of aromatic nitrogens is 5. The van der Waals surface area contributed by atoms with Crippen LogP contribution in [0.1, 0.15) is 41.6 Å². The van der Waals surface area contributed by atoms with Crippen LogP contribution in [0.3, 0.4) is 0 Å². The summed E-state index contributed by atoms with van der Waals surface area (Å²) in [6, 6.07) is 10.8. The Morgan fingerprint density at radius 2 is 2.03 bits per heavy atom. The van der Waals surface area contributed by atoms with Crippen molar-refractivity contribution in [3.8, 4) is 23.0 Å². The third-order valence-electron chi connectivity index (χ3n) is 4.78. The minimum Gasteiger partial charge on any atom is -0.495 e. The average Bonchev–Trinajstić information content (AvgIpc) is 3.41. The summed E-state index contributed by atoms with van der Waals surface area (Å²) in [5, 5.41) is 11.2. The molecule has 3 aromatic heterocycles. The Bertz CT molecular complexity index is 1230. The van der Waals surface area contributed by atoms with Crippen molar-refractivity contribution in [1.29, 1.82) is 0 Å². The monoisotopic (exact) mass is 418 g/mol. The highest BCUT2D eigenvalue weighted by molar-refractivity contribution is 6.05. The van der Waals surface area contributed by atoms with Gasteiger partial charge in [0.1, 0.15) is 5.75 Å². The lowest BCUT2D eigenvalue weighted by atomic mass is 10.2. The van der Waals surface area contributed by atoms with Crippen LogP contribution in [0.15, 0.2) is 53.3 Å². The normalized spacial score (nSPS) is 11.0. The Balaban J connectivity index is 1.61. The van der Waals surface area contributed by atoms with Crippen molar-refractivity contribution in [2.24, 2.45) is 0 Å². The lowest BCUT2D eigenvalue weighted by Crippen LogP contribution is -2.14. The molecule has 0 aliphatic rings. The third-order valence-corrected chi connectivity index (χ3v) is 4.78. The van der Waals surface area contributed by atoms with E-state index in [1.807, 2.05) is 32.9 Å². The number of hydrogen-bond acceptors (Lipinski definition) is 7. The molecule has 0 saturated carbocycles. The second-order valence-electron chi connectivity index (χ2n) is 7.23. The van der Waals surface area contributed by atoms with Gasteiger partial charge < -0.3 is 14.6 Å². The average molecular weight is 418 g/mol. The highest BCUT2D eigenvalue weighted by atomic mass is 16.5. The van der Waals surface area contributed by atoms with Crippen molar-refractivity contribution >= 4 is 11.6 Å². The summed E-state index contributed by atoms with van der Waals surface area (Å²) in [5.41, 5.74) is 2.38. The zero-order chi connectivity index (χ0) is 22.0. The Morgan fingerprint density at radius 1 is 1.23 bits per heavy atom. The summed E-state index contributed by atoms with van der Waals surface area (Å²) < 4.78 is 12.3. The SMILES string of the molecule is COc1ccccc1NC(=O)c1cnn(-c2cc(-c3nc(C(C)C)no3)ccn2)c1C. The summed E-state index contributed by atoms with van der Waals surface area (Å²) in [6.07, 6.45) is 3.15. The largest absolute Gasteiger partial charge is 0.495 e. The van der Waals surface area contributed by atoms with Crippen LogP contribution in [0.25, 0.3) is 17.3 Å². The van der Waals surface area contributed by atoms with E-state index in [4.69, 9.17) is 9.26 Å². The summed E-state index contributed by atoms with van der Waals surface area (Å²) >= 11 is 0. The van der Waals surface area contributed by atoms with Crippen molar-refractivity contribution in [3.05, 3.63) is 65.9 Å². The predicted molar refractivity (Wildman–Crippen MR) is 114 cm³/mol. The molecule has 1 amide bonds. The molecule has 0 bridgehead atoms. The van der Waals surface area contributed by atoms with Crippen LogP contribution < -0.4 is 10.1 Å². The predicted octanol–water partition coefficient (Wildman–Crippen LogP) is 4.01. The lowest BCUT2D eigenvalue weighted by Gasteiger charge is -2.10. The van der Waals surface area contributed by atoms with Crippen LogP contribution >= 0.6 is 0 Å². The number of amides is 1. The number of rotatable bonds is 6. The van der Waals surface area contributed by atoms with Gasteiger partial charge in [-0.05, 0) is 31.2 Å². The molecule has 0 unspecified atom stereocenters. The van der Waals surface area contributed by atoms with Gasteiger partial charge in [0.05, 0.1) is 30.3 Å². The summed E-state index contributed by atoms with van der Waals surface area (Å²) in [4.78, 5) is 21.6. The van der Waals surface area contributed by atoms with Crippen molar-refractivity contribution in [2.45, 2.75) is 26.7 Å². The first kappa shape index (κ1) is 20.3. The maximum atomic E-state index is 12.8. The molecule has 0 aliphatic heterocycles. The standard InChI is InChI=1S/C22H22N6O3/c1-13(2)20-26-22(31-27-20)15-9-10-23-19(11-15)28-14(3)16(12-24-28)21(29)25-17-7-5-6-8-18(17)30-4/h5-13H,1-4H3,(H,25,29). The van der Waals surface area contributed by atoms with Gasteiger partial charge in [0.2, 0.25) is 0 Å². The van der Waals surface area contributed by atoms with Gasteiger partial charge in [-0.2, -0.15) is 10.1 Å². The summed E-state index contributed by atoms with van der Waals surface area (Å²) in [5.74, 6) is 2.04. The van der Waals surface area contributed by atoms with E-state index in [0.29, 0.717) is 40.2 Å². The maximum Gasteiger partial charge on any atom is 0.259 e. The molecule has 4 aromatic rings. The molecule has 0 radical (unpaired) electrons. The molecule has 158 valence electrons.